The van der Waals surface area contributed by atoms with Crippen LogP contribution in [0.25, 0.3) is 0 Å². The molecule has 0 spiro atoms. The number of rotatable bonds is 5. The molecular weight excluding hydrogens is 244 g/mol. The van der Waals surface area contributed by atoms with Gasteiger partial charge in [-0.3, -0.25) is 0 Å². The highest BCUT2D eigenvalue weighted by Crippen LogP contribution is 2.28. The number of hydrogen-bond acceptors (Lipinski definition) is 3. The van der Waals surface area contributed by atoms with Crippen molar-refractivity contribution >= 4 is 11.8 Å². The summed E-state index contributed by atoms with van der Waals surface area (Å²) in [5.74, 6) is 2.12. The number of methoxy groups -OCH3 is 1. The summed E-state index contributed by atoms with van der Waals surface area (Å²) in [5, 5.41) is 0. The Balaban J connectivity index is 1.90. The molecule has 0 atom stereocenters. The molecular formula is C15H16O2S. The highest BCUT2D eigenvalue weighted by molar-refractivity contribution is 7.99. The third kappa shape index (κ3) is 3.44. The normalized spacial score (nSPS) is 10.1. The zero-order valence-corrected chi connectivity index (χ0v) is 11.4. The van der Waals surface area contributed by atoms with Crippen LogP contribution in [0.1, 0.15) is 5.56 Å². The van der Waals surface area contributed by atoms with Crippen molar-refractivity contribution in [1.82, 2.24) is 0 Å². The van der Waals surface area contributed by atoms with E-state index >= 15 is 0 Å². The van der Waals surface area contributed by atoms with E-state index in [1.807, 2.05) is 24.3 Å². The molecule has 0 aromatic heterocycles. The van der Waals surface area contributed by atoms with Crippen LogP contribution in [0, 0.1) is 6.92 Å². The minimum atomic E-state index is 0.573. The summed E-state index contributed by atoms with van der Waals surface area (Å²) in [6.45, 7) is 2.08. The average Bonchev–Trinajstić information content (AvgIpc) is 2.41. The number of thioether (sulfide) groups is 1. The lowest BCUT2D eigenvalue weighted by Crippen LogP contribution is -1.95. The maximum absolute atomic E-state index is 5.70. The molecule has 0 bridgehead atoms. The van der Waals surface area contributed by atoms with Gasteiger partial charge in [-0.15, -0.1) is 0 Å². The summed E-state index contributed by atoms with van der Waals surface area (Å²) in [4.78, 5) is 1.20. The van der Waals surface area contributed by atoms with Crippen LogP contribution in [0.3, 0.4) is 0 Å². The maximum Gasteiger partial charge on any atom is 0.162 e. The zero-order valence-electron chi connectivity index (χ0n) is 10.6. The van der Waals surface area contributed by atoms with Crippen LogP contribution in [-0.2, 0) is 0 Å². The van der Waals surface area contributed by atoms with Gasteiger partial charge in [0.2, 0.25) is 0 Å². The molecule has 0 aliphatic carbocycles. The first kappa shape index (κ1) is 12.8. The monoisotopic (exact) mass is 260 g/mol. The molecule has 0 aliphatic heterocycles. The molecule has 0 N–H and O–H groups in total. The molecule has 2 aromatic carbocycles. The predicted octanol–water partition coefficient (Wildman–Crippen LogP) is 4.13. The molecule has 0 fully saturated rings. The van der Waals surface area contributed by atoms with Gasteiger partial charge in [0.1, 0.15) is 5.94 Å². The Hall–Kier alpha value is -1.61. The summed E-state index contributed by atoms with van der Waals surface area (Å²) < 4.78 is 10.9. The molecule has 3 heteroatoms. The summed E-state index contributed by atoms with van der Waals surface area (Å²) in [6.07, 6.45) is 0. The number of para-hydroxylation sites is 2. The van der Waals surface area contributed by atoms with Gasteiger partial charge in [-0.1, -0.05) is 41.6 Å². The molecule has 0 heterocycles. The molecule has 0 unspecified atom stereocenters. The van der Waals surface area contributed by atoms with Crippen LogP contribution in [0.2, 0.25) is 0 Å². The van der Waals surface area contributed by atoms with E-state index in [2.05, 4.69) is 31.2 Å². The van der Waals surface area contributed by atoms with Gasteiger partial charge in [0, 0.05) is 4.90 Å². The molecule has 0 saturated carbocycles. The van der Waals surface area contributed by atoms with Crippen molar-refractivity contribution in [2.24, 2.45) is 0 Å². The second-order valence-electron chi connectivity index (χ2n) is 3.87. The van der Waals surface area contributed by atoms with Crippen molar-refractivity contribution < 1.29 is 9.47 Å². The second-order valence-corrected chi connectivity index (χ2v) is 4.87. The summed E-state index contributed by atoms with van der Waals surface area (Å²) in [5.41, 5.74) is 1.27. The van der Waals surface area contributed by atoms with Gasteiger partial charge in [0.05, 0.1) is 7.11 Å². The Bertz CT molecular complexity index is 494. The molecule has 0 saturated heterocycles. The van der Waals surface area contributed by atoms with Gasteiger partial charge in [0.25, 0.3) is 0 Å². The van der Waals surface area contributed by atoms with Gasteiger partial charge in [-0.25, -0.2) is 0 Å². The van der Waals surface area contributed by atoms with E-state index in [0.29, 0.717) is 5.94 Å². The van der Waals surface area contributed by atoms with E-state index in [4.69, 9.17) is 9.47 Å². The average molecular weight is 260 g/mol. The van der Waals surface area contributed by atoms with E-state index in [1.54, 1.807) is 18.9 Å². The molecule has 2 aromatic rings. The third-order valence-corrected chi connectivity index (χ3v) is 3.37. The summed E-state index contributed by atoms with van der Waals surface area (Å²) >= 11 is 1.67. The fraction of sp³-hybridized carbons (Fsp3) is 0.200. The summed E-state index contributed by atoms with van der Waals surface area (Å²) in [7, 11) is 1.65. The SMILES string of the molecule is COc1ccccc1OCSc1ccc(C)cc1. The molecule has 2 nitrogen and oxygen atoms in total. The van der Waals surface area contributed by atoms with Crippen molar-refractivity contribution in [3.63, 3.8) is 0 Å². The van der Waals surface area contributed by atoms with E-state index in [0.717, 1.165) is 11.5 Å². The number of ether oxygens (including phenoxy) is 2. The lowest BCUT2D eigenvalue weighted by atomic mass is 10.2. The Morgan fingerprint density at radius 2 is 1.61 bits per heavy atom. The quantitative estimate of drug-likeness (QED) is 0.595. The Morgan fingerprint density at radius 1 is 0.944 bits per heavy atom. The largest absolute Gasteiger partial charge is 0.493 e. The van der Waals surface area contributed by atoms with Crippen molar-refractivity contribution in [3.8, 4) is 11.5 Å². The van der Waals surface area contributed by atoms with Crippen molar-refractivity contribution in [2.75, 3.05) is 13.0 Å². The first-order valence-electron chi connectivity index (χ1n) is 5.75. The van der Waals surface area contributed by atoms with E-state index < -0.39 is 0 Å². The van der Waals surface area contributed by atoms with Crippen molar-refractivity contribution in [3.05, 3.63) is 54.1 Å². The fourth-order valence-electron chi connectivity index (χ4n) is 1.53. The van der Waals surface area contributed by atoms with Crippen molar-refractivity contribution in [1.29, 1.82) is 0 Å². The highest BCUT2D eigenvalue weighted by atomic mass is 32.2. The molecule has 0 aliphatic rings. The third-order valence-electron chi connectivity index (χ3n) is 2.53. The Kier molecular flexibility index (Phi) is 4.53. The molecule has 0 radical (unpaired) electrons. The highest BCUT2D eigenvalue weighted by Gasteiger charge is 2.02. The van der Waals surface area contributed by atoms with E-state index in [1.165, 1.54) is 10.5 Å². The lowest BCUT2D eigenvalue weighted by Gasteiger charge is -2.09. The Morgan fingerprint density at radius 3 is 2.28 bits per heavy atom. The van der Waals surface area contributed by atoms with Gasteiger partial charge in [0.15, 0.2) is 11.5 Å². The first-order valence-corrected chi connectivity index (χ1v) is 6.73. The fourth-order valence-corrected chi connectivity index (χ4v) is 2.18. The number of hydrogen-bond donors (Lipinski definition) is 0. The number of aryl methyl sites for hydroxylation is 1. The second kappa shape index (κ2) is 6.36. The van der Waals surface area contributed by atoms with Crippen LogP contribution >= 0.6 is 11.8 Å². The van der Waals surface area contributed by atoms with E-state index in [9.17, 15) is 0 Å². The predicted molar refractivity (Wildman–Crippen MR) is 75.5 cm³/mol. The summed E-state index contributed by atoms with van der Waals surface area (Å²) in [6, 6.07) is 16.1. The number of benzene rings is 2. The Labute approximate surface area is 112 Å². The molecule has 0 amide bonds. The van der Waals surface area contributed by atoms with Crippen LogP contribution in [0.5, 0.6) is 11.5 Å². The first-order chi connectivity index (χ1) is 8.79. The van der Waals surface area contributed by atoms with Crippen LogP contribution in [0.15, 0.2) is 53.4 Å². The van der Waals surface area contributed by atoms with Gasteiger partial charge < -0.3 is 9.47 Å². The minimum absolute atomic E-state index is 0.573. The van der Waals surface area contributed by atoms with Gasteiger partial charge in [-0.05, 0) is 31.2 Å². The zero-order chi connectivity index (χ0) is 12.8. The smallest absolute Gasteiger partial charge is 0.162 e. The molecule has 94 valence electrons. The topological polar surface area (TPSA) is 18.5 Å². The minimum Gasteiger partial charge on any atom is -0.493 e. The van der Waals surface area contributed by atoms with Gasteiger partial charge in [-0.2, -0.15) is 0 Å². The van der Waals surface area contributed by atoms with Crippen LogP contribution < -0.4 is 9.47 Å². The van der Waals surface area contributed by atoms with E-state index in [-0.39, 0.29) is 0 Å². The lowest BCUT2D eigenvalue weighted by molar-refractivity contribution is 0.344. The van der Waals surface area contributed by atoms with Gasteiger partial charge >= 0.3 is 0 Å². The molecule has 18 heavy (non-hydrogen) atoms. The van der Waals surface area contributed by atoms with Crippen LogP contribution in [-0.4, -0.2) is 13.0 Å². The maximum atomic E-state index is 5.70. The standard InChI is InChI=1S/C15H16O2S/c1-12-7-9-13(10-8-12)18-11-17-15-6-4-3-5-14(15)16-2/h3-10H,11H2,1-2H3. The molecule has 2 rings (SSSR count). The van der Waals surface area contributed by atoms with Crippen LogP contribution in [0.4, 0.5) is 0 Å². The van der Waals surface area contributed by atoms with Crippen molar-refractivity contribution in [2.45, 2.75) is 11.8 Å².